The van der Waals surface area contributed by atoms with Crippen molar-refractivity contribution in [1.29, 1.82) is 0 Å². The van der Waals surface area contributed by atoms with Gasteiger partial charge in [-0.25, -0.2) is 4.79 Å². The highest BCUT2D eigenvalue weighted by atomic mass is 35.5. The molecule has 0 aliphatic carbocycles. The topological polar surface area (TPSA) is 94.1 Å². The van der Waals surface area contributed by atoms with Crippen molar-refractivity contribution in [2.45, 2.75) is 12.5 Å². The number of halogens is 1. The van der Waals surface area contributed by atoms with Crippen LogP contribution in [-0.4, -0.2) is 43.0 Å². The van der Waals surface area contributed by atoms with Gasteiger partial charge in [-0.3, -0.25) is 4.79 Å². The number of amides is 1. The zero-order chi connectivity index (χ0) is 15.6. The first-order chi connectivity index (χ1) is 9.87. The summed E-state index contributed by atoms with van der Waals surface area (Å²) in [5.74, 6) is -1.09. The highest BCUT2D eigenvalue weighted by Gasteiger charge is 2.35. The van der Waals surface area contributed by atoms with Gasteiger partial charge < -0.3 is 24.6 Å². The number of carboxylic acids is 1. The lowest BCUT2D eigenvalue weighted by molar-refractivity contribution is -0.145. The van der Waals surface area contributed by atoms with E-state index in [4.69, 9.17) is 25.8 Å². The Kier molecular flexibility index (Phi) is 4.24. The first kappa shape index (κ1) is 15.4. The van der Waals surface area contributed by atoms with Gasteiger partial charge in [0.2, 0.25) is 6.79 Å². The molecule has 0 bridgehead atoms. The molecule has 0 fully saturated rings. The molecular formula is C13H14ClNO6. The second-order valence-corrected chi connectivity index (χ2v) is 5.12. The van der Waals surface area contributed by atoms with Gasteiger partial charge in [0.15, 0.2) is 17.0 Å². The summed E-state index contributed by atoms with van der Waals surface area (Å²) in [5, 5.41) is 11.8. The molecule has 2 rings (SSSR count). The van der Waals surface area contributed by atoms with Crippen LogP contribution in [0.15, 0.2) is 12.1 Å². The number of fused-ring (bicyclic) bond motifs is 1. The van der Waals surface area contributed by atoms with Crippen molar-refractivity contribution in [2.24, 2.45) is 0 Å². The van der Waals surface area contributed by atoms with Crippen molar-refractivity contribution in [3.05, 3.63) is 22.7 Å². The number of carboxylic acid groups (broad SMARTS) is 1. The molecule has 2 N–H and O–H groups in total. The van der Waals surface area contributed by atoms with Gasteiger partial charge in [-0.1, -0.05) is 11.6 Å². The molecular weight excluding hydrogens is 302 g/mol. The molecule has 1 amide bonds. The van der Waals surface area contributed by atoms with E-state index >= 15 is 0 Å². The van der Waals surface area contributed by atoms with Crippen LogP contribution in [0.2, 0.25) is 5.02 Å². The first-order valence-corrected chi connectivity index (χ1v) is 6.39. The number of hydrogen-bond acceptors (Lipinski definition) is 5. The van der Waals surface area contributed by atoms with Crippen LogP contribution in [0.25, 0.3) is 0 Å². The molecule has 0 spiro atoms. The third-order valence-corrected chi connectivity index (χ3v) is 3.26. The first-order valence-electron chi connectivity index (χ1n) is 6.01. The molecule has 1 aliphatic heterocycles. The normalized spacial score (nSPS) is 15.4. The summed E-state index contributed by atoms with van der Waals surface area (Å²) in [6.07, 6.45) is 0. The van der Waals surface area contributed by atoms with E-state index in [1.165, 1.54) is 26.2 Å². The molecule has 1 aromatic rings. The maximum absolute atomic E-state index is 12.2. The number of methoxy groups -OCH3 is 1. The summed E-state index contributed by atoms with van der Waals surface area (Å²) in [6.45, 7) is 1.20. The van der Waals surface area contributed by atoms with Crippen LogP contribution in [0.4, 0.5) is 0 Å². The standard InChI is InChI=1S/C13H14ClNO6/c1-13(5-19-2,12(17)18)15-11(16)7-3-8(14)10-9(4-7)20-6-21-10/h3-4H,5-6H2,1-2H3,(H,15,16)(H,17,18). The summed E-state index contributed by atoms with van der Waals surface area (Å²) in [7, 11) is 1.35. The predicted molar refractivity (Wildman–Crippen MR) is 73.0 cm³/mol. The van der Waals surface area contributed by atoms with E-state index in [0.29, 0.717) is 11.5 Å². The van der Waals surface area contributed by atoms with Gasteiger partial charge in [-0.05, 0) is 19.1 Å². The van der Waals surface area contributed by atoms with Crippen LogP contribution in [0.1, 0.15) is 17.3 Å². The lowest BCUT2D eigenvalue weighted by Gasteiger charge is -2.25. The molecule has 0 aromatic heterocycles. The molecule has 1 heterocycles. The van der Waals surface area contributed by atoms with Gasteiger partial charge >= 0.3 is 5.97 Å². The maximum Gasteiger partial charge on any atom is 0.331 e. The van der Waals surface area contributed by atoms with E-state index in [0.717, 1.165) is 0 Å². The SMILES string of the molecule is COCC(C)(NC(=O)c1cc(Cl)c2c(c1)OCO2)C(=O)O. The van der Waals surface area contributed by atoms with Gasteiger partial charge in [0, 0.05) is 12.7 Å². The van der Waals surface area contributed by atoms with E-state index in [1.54, 1.807) is 0 Å². The summed E-state index contributed by atoms with van der Waals surface area (Å²) in [5.41, 5.74) is -1.37. The van der Waals surface area contributed by atoms with Gasteiger partial charge in [0.1, 0.15) is 0 Å². The molecule has 1 unspecified atom stereocenters. The third-order valence-electron chi connectivity index (χ3n) is 2.98. The van der Waals surface area contributed by atoms with Crippen LogP contribution in [0, 0.1) is 0 Å². The van der Waals surface area contributed by atoms with E-state index in [2.05, 4.69) is 5.32 Å². The fourth-order valence-corrected chi connectivity index (χ4v) is 2.13. The second kappa shape index (κ2) is 5.79. The molecule has 7 nitrogen and oxygen atoms in total. The fourth-order valence-electron chi connectivity index (χ4n) is 1.86. The van der Waals surface area contributed by atoms with E-state index < -0.39 is 17.4 Å². The predicted octanol–water partition coefficient (Wildman–Crippen LogP) is 1.29. The maximum atomic E-state index is 12.2. The Morgan fingerprint density at radius 1 is 1.48 bits per heavy atom. The zero-order valence-corrected chi connectivity index (χ0v) is 12.2. The van der Waals surface area contributed by atoms with Crippen molar-refractivity contribution in [3.8, 4) is 11.5 Å². The average molecular weight is 316 g/mol. The molecule has 8 heteroatoms. The second-order valence-electron chi connectivity index (χ2n) is 4.72. The van der Waals surface area contributed by atoms with E-state index in [-0.39, 0.29) is 24.0 Å². The Morgan fingerprint density at radius 2 is 2.19 bits per heavy atom. The molecule has 1 atom stereocenters. The van der Waals surface area contributed by atoms with Gasteiger partial charge in [-0.2, -0.15) is 0 Å². The van der Waals surface area contributed by atoms with Crippen molar-refractivity contribution in [3.63, 3.8) is 0 Å². The smallest absolute Gasteiger partial charge is 0.331 e. The van der Waals surface area contributed by atoms with Crippen molar-refractivity contribution < 1.29 is 28.9 Å². The summed E-state index contributed by atoms with van der Waals surface area (Å²) in [4.78, 5) is 23.5. The molecule has 1 aliphatic rings. The van der Waals surface area contributed by atoms with Gasteiger partial charge in [0.25, 0.3) is 5.91 Å². The number of carbonyl (C=O) groups excluding carboxylic acids is 1. The molecule has 114 valence electrons. The van der Waals surface area contributed by atoms with Gasteiger partial charge in [-0.15, -0.1) is 0 Å². The Labute approximate surface area is 125 Å². The largest absolute Gasteiger partial charge is 0.479 e. The number of benzene rings is 1. The highest BCUT2D eigenvalue weighted by Crippen LogP contribution is 2.39. The Bertz CT molecular complexity index is 590. The number of ether oxygens (including phenoxy) is 3. The monoisotopic (exact) mass is 315 g/mol. The highest BCUT2D eigenvalue weighted by molar-refractivity contribution is 6.32. The number of carbonyl (C=O) groups is 2. The zero-order valence-electron chi connectivity index (χ0n) is 11.4. The summed E-state index contributed by atoms with van der Waals surface area (Å²) < 4.78 is 15.1. The van der Waals surface area contributed by atoms with Crippen LogP contribution in [-0.2, 0) is 9.53 Å². The number of hydrogen-bond donors (Lipinski definition) is 2. The molecule has 1 aromatic carbocycles. The molecule has 0 saturated heterocycles. The van der Waals surface area contributed by atoms with Crippen LogP contribution >= 0.6 is 11.6 Å². The minimum Gasteiger partial charge on any atom is -0.479 e. The van der Waals surface area contributed by atoms with Crippen molar-refractivity contribution in [1.82, 2.24) is 5.32 Å². The lowest BCUT2D eigenvalue weighted by atomic mass is 10.0. The van der Waals surface area contributed by atoms with Crippen LogP contribution in [0.5, 0.6) is 11.5 Å². The quantitative estimate of drug-likeness (QED) is 0.850. The fraction of sp³-hybridized carbons (Fsp3) is 0.385. The molecule has 21 heavy (non-hydrogen) atoms. The van der Waals surface area contributed by atoms with Crippen LogP contribution in [0.3, 0.4) is 0 Å². The Morgan fingerprint density at radius 3 is 2.81 bits per heavy atom. The van der Waals surface area contributed by atoms with Gasteiger partial charge in [0.05, 0.1) is 11.6 Å². The Hall–Kier alpha value is -1.99. The Balaban J connectivity index is 2.24. The lowest BCUT2D eigenvalue weighted by Crippen LogP contribution is -2.55. The molecule has 0 saturated carbocycles. The number of aliphatic carboxylic acids is 1. The average Bonchev–Trinajstić information content (AvgIpc) is 2.87. The summed E-state index contributed by atoms with van der Waals surface area (Å²) >= 11 is 5.99. The van der Waals surface area contributed by atoms with Crippen molar-refractivity contribution >= 4 is 23.5 Å². The van der Waals surface area contributed by atoms with E-state index in [1.807, 2.05) is 0 Å². The summed E-state index contributed by atoms with van der Waals surface area (Å²) in [6, 6.07) is 2.83. The third kappa shape index (κ3) is 3.03. The van der Waals surface area contributed by atoms with Crippen molar-refractivity contribution in [2.75, 3.05) is 20.5 Å². The minimum atomic E-state index is -1.55. The van der Waals surface area contributed by atoms with Crippen LogP contribution < -0.4 is 14.8 Å². The molecule has 0 radical (unpaired) electrons. The van der Waals surface area contributed by atoms with E-state index in [9.17, 15) is 14.7 Å². The number of nitrogens with one attached hydrogen (secondary N) is 1. The minimum absolute atomic E-state index is 0.0244. The number of rotatable bonds is 5.